The van der Waals surface area contributed by atoms with Crippen LogP contribution in [0, 0.1) is 33.0 Å². The zero-order valence-corrected chi connectivity index (χ0v) is 79.6. The van der Waals surface area contributed by atoms with Crippen molar-refractivity contribution in [2.75, 3.05) is 184 Å². The molecule has 0 radical (unpaired) electrons. The summed E-state index contributed by atoms with van der Waals surface area (Å²) in [5, 5.41) is 0. The summed E-state index contributed by atoms with van der Waals surface area (Å²) in [5.41, 5.74) is 6.23. The normalized spacial score (nSPS) is 20.9. The van der Waals surface area contributed by atoms with E-state index in [9.17, 15) is 0 Å². The van der Waals surface area contributed by atoms with Gasteiger partial charge in [-0.05, 0) is 239 Å². The third-order valence-corrected chi connectivity index (χ3v) is 21.5. The van der Waals surface area contributed by atoms with Crippen LogP contribution in [0.25, 0.3) is 0 Å². The third-order valence-electron chi connectivity index (χ3n) is 21.5. The number of hydrogen-bond donors (Lipinski definition) is 0. The van der Waals surface area contributed by atoms with Crippen molar-refractivity contribution < 1.29 is 37.9 Å². The Balaban J connectivity index is 0.000000285. The van der Waals surface area contributed by atoms with Gasteiger partial charge in [0.15, 0.2) is 0 Å². The fourth-order valence-corrected chi connectivity index (χ4v) is 15.2. The van der Waals surface area contributed by atoms with Crippen LogP contribution < -0.4 is 0 Å². The van der Waals surface area contributed by atoms with Gasteiger partial charge >= 0.3 is 0 Å². The average molecular weight is 1600 g/mol. The largest absolute Gasteiger partial charge is 0.381 e. The lowest BCUT2D eigenvalue weighted by molar-refractivity contribution is -0.161. The summed E-state index contributed by atoms with van der Waals surface area (Å²) in [4.78, 5) is 17.9. The molecule has 0 unspecified atom stereocenters. The lowest BCUT2D eigenvalue weighted by atomic mass is 9.87. The molecule has 7 heterocycles. The molecule has 7 aliphatic heterocycles. The topological polar surface area (TPSA) is 96.5 Å². The van der Waals surface area contributed by atoms with Gasteiger partial charge in [0, 0.05) is 110 Å². The molecule has 2 aromatic rings. The Hall–Kier alpha value is -2.16. The Labute approximate surface area is 705 Å². The molecule has 1 saturated carbocycles. The van der Waals surface area contributed by atoms with Gasteiger partial charge in [-0.15, -0.1) is 0 Å². The molecule has 15 nitrogen and oxygen atoms in total. The van der Waals surface area contributed by atoms with Crippen LogP contribution in [-0.2, 0) is 56.5 Å². The van der Waals surface area contributed by atoms with Crippen LogP contribution in [0.5, 0.6) is 0 Å². The zero-order valence-electron chi connectivity index (χ0n) is 79.6. The lowest BCUT2D eigenvalue weighted by Gasteiger charge is -2.42. The highest BCUT2D eigenvalue weighted by molar-refractivity contribution is 5.27. The molecular formula is C99H187N7O8. The second-order valence-corrected chi connectivity index (χ2v) is 44.5. The van der Waals surface area contributed by atoms with E-state index in [1.807, 2.05) is 18.2 Å². The van der Waals surface area contributed by atoms with Crippen LogP contribution in [0.4, 0.5) is 0 Å². The number of nitrogens with zero attached hydrogens (tertiary/aromatic N) is 7. The van der Waals surface area contributed by atoms with Crippen molar-refractivity contribution in [2.24, 2.45) is 33.0 Å². The molecule has 15 heteroatoms. The molecule has 8 fully saturated rings. The Morgan fingerprint density at radius 2 is 0.711 bits per heavy atom. The molecule has 114 heavy (non-hydrogen) atoms. The van der Waals surface area contributed by atoms with E-state index in [4.69, 9.17) is 37.9 Å². The number of hydrogen-bond acceptors (Lipinski definition) is 15. The summed E-state index contributed by atoms with van der Waals surface area (Å²) in [7, 11) is 0. The average Bonchev–Trinajstić information content (AvgIpc) is 0.856. The van der Waals surface area contributed by atoms with E-state index in [0.717, 1.165) is 130 Å². The monoisotopic (exact) mass is 1600 g/mol. The molecule has 0 N–H and O–H groups in total. The minimum atomic E-state index is -0.0114. The van der Waals surface area contributed by atoms with Crippen molar-refractivity contribution in [3.8, 4) is 0 Å². The fraction of sp³-hybridized carbons (Fsp3) is 0.879. The highest BCUT2D eigenvalue weighted by atomic mass is 16.5. The Kier molecular flexibility index (Phi) is 49.7. The predicted molar refractivity (Wildman–Crippen MR) is 486 cm³/mol. The predicted octanol–water partition coefficient (Wildman–Crippen LogP) is 21.3. The number of rotatable bonds is 31. The molecule has 8 aliphatic rings. The first-order chi connectivity index (χ1) is 53.4. The van der Waals surface area contributed by atoms with E-state index in [-0.39, 0.29) is 21.8 Å². The Bertz CT molecular complexity index is 2560. The van der Waals surface area contributed by atoms with Crippen molar-refractivity contribution in [3.63, 3.8) is 0 Å². The van der Waals surface area contributed by atoms with E-state index < -0.39 is 0 Å². The highest BCUT2D eigenvalue weighted by Gasteiger charge is 2.35. The van der Waals surface area contributed by atoms with Crippen molar-refractivity contribution in [3.05, 3.63) is 71.3 Å². The van der Waals surface area contributed by atoms with Gasteiger partial charge < -0.3 is 52.6 Å². The summed E-state index contributed by atoms with van der Waals surface area (Å²) in [6.07, 6.45) is 26.9. The van der Waals surface area contributed by atoms with Gasteiger partial charge in [-0.3, -0.25) is 19.6 Å². The molecule has 1 aliphatic carbocycles. The molecule has 666 valence electrons. The van der Waals surface area contributed by atoms with Crippen molar-refractivity contribution in [1.82, 2.24) is 34.3 Å². The molecule has 0 atom stereocenters. The molecule has 0 amide bonds. The van der Waals surface area contributed by atoms with Crippen LogP contribution >= 0.6 is 0 Å². The van der Waals surface area contributed by atoms with E-state index in [1.165, 1.54) is 198 Å². The van der Waals surface area contributed by atoms with Gasteiger partial charge in [0.2, 0.25) is 0 Å². The number of ether oxygens (including phenoxy) is 8. The van der Waals surface area contributed by atoms with Gasteiger partial charge in [-0.1, -0.05) is 212 Å². The molecule has 0 aromatic heterocycles. The van der Waals surface area contributed by atoms with E-state index >= 15 is 0 Å². The third kappa shape index (κ3) is 55.7. The summed E-state index contributed by atoms with van der Waals surface area (Å²) in [6, 6.07) is 19.0. The molecule has 7 saturated heterocycles. The van der Waals surface area contributed by atoms with Crippen LogP contribution in [0.1, 0.15) is 312 Å². The maximum absolute atomic E-state index is 5.94. The van der Waals surface area contributed by atoms with E-state index in [0.29, 0.717) is 59.4 Å². The van der Waals surface area contributed by atoms with Crippen LogP contribution in [0.15, 0.2) is 54.6 Å². The lowest BCUT2D eigenvalue weighted by Crippen LogP contribution is -2.54. The number of likely N-dealkylation sites (tertiary alicyclic amines) is 7. The van der Waals surface area contributed by atoms with Crippen LogP contribution in [-0.4, -0.2) is 254 Å². The minimum Gasteiger partial charge on any atom is -0.381 e. The maximum Gasteiger partial charge on any atom is 0.0994 e. The molecule has 10 rings (SSSR count). The number of benzene rings is 2. The van der Waals surface area contributed by atoms with Crippen molar-refractivity contribution >= 4 is 0 Å². The summed E-state index contributed by atoms with van der Waals surface area (Å²) in [5.74, 6) is 0.991. The smallest absolute Gasteiger partial charge is 0.0994 e. The van der Waals surface area contributed by atoms with Gasteiger partial charge in [0.25, 0.3) is 0 Å². The van der Waals surface area contributed by atoms with E-state index in [1.54, 1.807) is 0 Å². The summed E-state index contributed by atoms with van der Waals surface area (Å²) >= 11 is 0. The molecular weight excluding hydrogens is 1420 g/mol. The second kappa shape index (κ2) is 54.4. The highest BCUT2D eigenvalue weighted by Crippen LogP contribution is 2.32. The van der Waals surface area contributed by atoms with Gasteiger partial charge in [0.1, 0.15) is 0 Å². The standard InChI is InChI=1S/C19H32O2.C16H32N2.2C15H30N2O.C15H24O2.C14H27NO2.C5H12/c1-18(2,3)15-21-13-7-12-20-14-16-8-10-17(11-9-16)19(4,5)6;1-16(2,3)18-13-8-15(9-14-18)7-12-17-10-5-4-6-11-17;2*1-15(2,3)13-17-11-14(12-17)18-10-9-16-7-5-4-6-8-16;1-15(2,3)13-17-11-7-10-16-12-14-8-5-4-6-9-14;1-14(2,3)17-13-9-12(10-13)16-11-15-7-5-4-6-8-15;1-5(2,3)4/h8-11H,7,12-15H2,1-6H3;15H,4-14H2,1-3H3;2*14H,4-13H2,1-3H3;4-6,8-9H,7,10-13H2,1-3H3;12-13H,4-11H2,1-3H3;1-4H3. The van der Waals surface area contributed by atoms with Gasteiger partial charge in [-0.25, -0.2) is 0 Å². The molecule has 2 aromatic carbocycles. The first kappa shape index (κ1) is 104. The molecule has 0 bridgehead atoms. The van der Waals surface area contributed by atoms with Crippen LogP contribution in [0.2, 0.25) is 0 Å². The first-order valence-electron chi connectivity index (χ1n) is 46.5. The second-order valence-electron chi connectivity index (χ2n) is 44.5. The fourth-order valence-electron chi connectivity index (χ4n) is 15.2. The molecule has 0 spiro atoms. The SMILES string of the molecule is CC(C)(C)C.CC(C)(C)CN1CC(OCCN2CCCCC2)C1.CC(C)(C)CN1CC(OCCN2CCCCC2)C1.CC(C)(C)COCCCOCc1ccc(C(C)(C)C)cc1.CC(C)(C)COCCCOCc1ccccc1.CC(C)(C)N1CCC(CCN2CCCCC2)CC1.CC(C)(C)OC1CC(OCN2CCCCC2)C1. The number of piperidine rings is 5. The quantitative estimate of drug-likeness (QED) is 0.0670. The maximum atomic E-state index is 5.94. The Morgan fingerprint density at radius 1 is 0.342 bits per heavy atom. The van der Waals surface area contributed by atoms with E-state index in [2.05, 4.69) is 244 Å². The first-order valence-corrected chi connectivity index (χ1v) is 46.5. The Morgan fingerprint density at radius 3 is 1.07 bits per heavy atom. The van der Waals surface area contributed by atoms with Gasteiger partial charge in [-0.2, -0.15) is 0 Å². The zero-order chi connectivity index (χ0) is 84.3. The van der Waals surface area contributed by atoms with Crippen molar-refractivity contribution in [1.29, 1.82) is 0 Å². The minimum absolute atomic E-state index is 0.0114. The van der Waals surface area contributed by atoms with Crippen LogP contribution in [0.3, 0.4) is 0 Å². The van der Waals surface area contributed by atoms with Crippen molar-refractivity contribution in [2.45, 2.75) is 349 Å². The summed E-state index contributed by atoms with van der Waals surface area (Å²) in [6.45, 7) is 88.0. The summed E-state index contributed by atoms with van der Waals surface area (Å²) < 4.78 is 46.2. The van der Waals surface area contributed by atoms with Gasteiger partial charge in [0.05, 0.1) is 76.4 Å².